The highest BCUT2D eigenvalue weighted by Gasteiger charge is 2.26. The van der Waals surface area contributed by atoms with Gasteiger partial charge in [0.15, 0.2) is 0 Å². The van der Waals surface area contributed by atoms with Crippen LogP contribution in [0.1, 0.15) is 6.92 Å². The van der Waals surface area contributed by atoms with Gasteiger partial charge in [-0.05, 0) is 6.92 Å². The van der Waals surface area contributed by atoms with E-state index in [0.29, 0.717) is 6.61 Å². The summed E-state index contributed by atoms with van der Waals surface area (Å²) in [6.45, 7) is 5.49. The molecule has 4 heteroatoms. The Morgan fingerprint density at radius 1 is 1.67 bits per heavy atom. The van der Waals surface area contributed by atoms with Crippen molar-refractivity contribution < 1.29 is 4.74 Å². The van der Waals surface area contributed by atoms with Crippen molar-refractivity contribution in [1.82, 2.24) is 0 Å². The zero-order valence-corrected chi connectivity index (χ0v) is 7.22. The quantitative estimate of drug-likeness (QED) is 0.620. The van der Waals surface area contributed by atoms with Crippen molar-refractivity contribution in [3.05, 3.63) is 11.6 Å². The molecule has 0 aliphatic heterocycles. The molecule has 9 heavy (non-hydrogen) atoms. The monoisotopic (exact) mass is 188 g/mol. The van der Waals surface area contributed by atoms with E-state index in [0.717, 1.165) is 0 Å². The first-order chi connectivity index (χ1) is 4.00. The van der Waals surface area contributed by atoms with Gasteiger partial charge in [0, 0.05) is 6.61 Å². The summed E-state index contributed by atoms with van der Waals surface area (Å²) in [5, 5.41) is 0.0766. The van der Waals surface area contributed by atoms with E-state index >= 15 is 0 Å². The van der Waals surface area contributed by atoms with Gasteiger partial charge in [-0.3, -0.25) is 0 Å². The summed E-state index contributed by atoms with van der Waals surface area (Å²) in [6, 6.07) is 0. The Hall–Kier alpha value is 0.570. The molecule has 0 unspecified atom stereocenters. The van der Waals surface area contributed by atoms with Crippen molar-refractivity contribution >= 4 is 34.8 Å². The second-order valence-corrected chi connectivity index (χ2v) is 3.07. The highest BCUT2D eigenvalue weighted by Crippen LogP contribution is 2.32. The number of alkyl halides is 2. The molecule has 0 spiro atoms. The first-order valence-electron chi connectivity index (χ1n) is 2.37. The molecular formula is C5H7Cl3O. The van der Waals surface area contributed by atoms with E-state index in [-0.39, 0.29) is 5.03 Å². The molecule has 0 saturated heterocycles. The van der Waals surface area contributed by atoms with E-state index in [1.54, 1.807) is 6.92 Å². The lowest BCUT2D eigenvalue weighted by Gasteiger charge is -2.16. The number of hydrogen-bond donors (Lipinski definition) is 0. The van der Waals surface area contributed by atoms with Gasteiger partial charge < -0.3 is 4.74 Å². The molecule has 1 nitrogen and oxygen atoms in total. The Morgan fingerprint density at radius 2 is 2.11 bits per heavy atom. The van der Waals surface area contributed by atoms with E-state index in [1.165, 1.54) is 0 Å². The van der Waals surface area contributed by atoms with Gasteiger partial charge in [-0.1, -0.05) is 41.4 Å². The van der Waals surface area contributed by atoms with Crippen LogP contribution in [0, 0.1) is 0 Å². The molecule has 0 atom stereocenters. The van der Waals surface area contributed by atoms with Crippen LogP contribution in [0.2, 0.25) is 0 Å². The van der Waals surface area contributed by atoms with Gasteiger partial charge in [-0.25, -0.2) is 0 Å². The zero-order chi connectivity index (χ0) is 7.49. The minimum atomic E-state index is -1.43. The summed E-state index contributed by atoms with van der Waals surface area (Å²) in [7, 11) is 0. The second-order valence-electron chi connectivity index (χ2n) is 1.35. The maximum atomic E-state index is 5.48. The molecule has 0 aliphatic carbocycles. The minimum Gasteiger partial charge on any atom is -0.343 e. The fourth-order valence-electron chi connectivity index (χ4n) is 0.260. The van der Waals surface area contributed by atoms with Gasteiger partial charge in [0.05, 0.1) is 5.03 Å². The Bertz CT molecular complexity index is 111. The highest BCUT2D eigenvalue weighted by molar-refractivity contribution is 6.54. The topological polar surface area (TPSA) is 9.23 Å². The third-order valence-corrected chi connectivity index (χ3v) is 1.78. The predicted molar refractivity (Wildman–Crippen MR) is 41.1 cm³/mol. The van der Waals surface area contributed by atoms with Crippen LogP contribution in [0.25, 0.3) is 0 Å². The maximum Gasteiger partial charge on any atom is 0.254 e. The van der Waals surface area contributed by atoms with Crippen molar-refractivity contribution in [2.24, 2.45) is 0 Å². The molecule has 0 N–H and O–H groups in total. The smallest absolute Gasteiger partial charge is 0.254 e. The van der Waals surface area contributed by atoms with Gasteiger partial charge >= 0.3 is 0 Å². The summed E-state index contributed by atoms with van der Waals surface area (Å²) < 4.78 is 3.36. The molecule has 0 bridgehead atoms. The van der Waals surface area contributed by atoms with Crippen LogP contribution in [0.5, 0.6) is 0 Å². The van der Waals surface area contributed by atoms with E-state index in [1.807, 2.05) is 0 Å². The molecule has 0 aliphatic rings. The summed E-state index contributed by atoms with van der Waals surface area (Å²) in [5.41, 5.74) is 0. The van der Waals surface area contributed by atoms with E-state index in [9.17, 15) is 0 Å². The first-order valence-corrected chi connectivity index (χ1v) is 3.50. The van der Waals surface area contributed by atoms with Gasteiger partial charge in [-0.2, -0.15) is 0 Å². The van der Waals surface area contributed by atoms with E-state index in [2.05, 4.69) is 6.58 Å². The highest BCUT2D eigenvalue weighted by atomic mass is 35.5. The molecule has 0 aromatic heterocycles. The van der Waals surface area contributed by atoms with Crippen molar-refractivity contribution in [1.29, 1.82) is 0 Å². The minimum absolute atomic E-state index is 0.0766. The number of rotatable bonds is 3. The molecule has 0 amide bonds. The van der Waals surface area contributed by atoms with Crippen LogP contribution < -0.4 is 0 Å². The maximum absolute atomic E-state index is 5.48. The predicted octanol–water partition coefficient (Wildman–Crippen LogP) is 2.91. The zero-order valence-electron chi connectivity index (χ0n) is 4.96. The normalized spacial score (nSPS) is 11.6. The van der Waals surface area contributed by atoms with Crippen LogP contribution in [0.15, 0.2) is 11.6 Å². The molecule has 0 radical (unpaired) electrons. The standard InChI is InChI=1S/C5H7Cl3O/c1-3-9-5(7,8)4(2)6/h2-3H2,1H3. The van der Waals surface area contributed by atoms with Gasteiger partial charge in [0.25, 0.3) is 4.52 Å². The molecule has 0 fully saturated rings. The van der Waals surface area contributed by atoms with Crippen molar-refractivity contribution in [2.75, 3.05) is 6.61 Å². The number of ether oxygens (including phenoxy) is 1. The Labute approximate surface area is 69.5 Å². The third-order valence-electron chi connectivity index (χ3n) is 0.641. The van der Waals surface area contributed by atoms with Crippen LogP contribution in [-0.2, 0) is 4.74 Å². The summed E-state index contributed by atoms with van der Waals surface area (Å²) >= 11 is 16.3. The Balaban J connectivity index is 3.85. The van der Waals surface area contributed by atoms with E-state index < -0.39 is 4.52 Å². The number of hydrogen-bond acceptors (Lipinski definition) is 1. The lowest BCUT2D eigenvalue weighted by Crippen LogP contribution is -2.17. The fraction of sp³-hybridized carbons (Fsp3) is 0.600. The molecule has 0 aromatic rings. The average Bonchev–Trinajstić information content (AvgIpc) is 1.65. The van der Waals surface area contributed by atoms with Crippen LogP contribution in [0.3, 0.4) is 0 Å². The molecule has 0 aromatic carbocycles. The van der Waals surface area contributed by atoms with Gasteiger partial charge in [0.2, 0.25) is 0 Å². The molecule has 0 rings (SSSR count). The number of halogens is 3. The van der Waals surface area contributed by atoms with Crippen LogP contribution >= 0.6 is 34.8 Å². The largest absolute Gasteiger partial charge is 0.343 e. The van der Waals surface area contributed by atoms with Crippen molar-refractivity contribution in [3.63, 3.8) is 0 Å². The molecule has 0 heterocycles. The summed E-state index contributed by atoms with van der Waals surface area (Å²) in [5.74, 6) is 0. The first kappa shape index (κ1) is 9.57. The molecule has 0 saturated carbocycles. The SMILES string of the molecule is C=C(Cl)C(Cl)(Cl)OCC. The fourth-order valence-corrected chi connectivity index (χ4v) is 0.532. The van der Waals surface area contributed by atoms with Gasteiger partial charge in [-0.15, -0.1) is 0 Å². The van der Waals surface area contributed by atoms with E-state index in [4.69, 9.17) is 39.5 Å². The van der Waals surface area contributed by atoms with Crippen molar-refractivity contribution in [3.8, 4) is 0 Å². The molecular weight excluding hydrogens is 182 g/mol. The lowest BCUT2D eigenvalue weighted by atomic mass is 10.6. The van der Waals surface area contributed by atoms with Gasteiger partial charge in [0.1, 0.15) is 0 Å². The summed E-state index contributed by atoms with van der Waals surface area (Å²) in [6.07, 6.45) is 0. The summed E-state index contributed by atoms with van der Waals surface area (Å²) in [4.78, 5) is 0. The third kappa shape index (κ3) is 3.31. The Kier molecular flexibility index (Phi) is 3.90. The van der Waals surface area contributed by atoms with Crippen LogP contribution in [0.4, 0.5) is 0 Å². The average molecular weight is 189 g/mol. The van der Waals surface area contributed by atoms with Crippen LogP contribution in [-0.4, -0.2) is 11.1 Å². The van der Waals surface area contributed by atoms with Crippen molar-refractivity contribution in [2.45, 2.75) is 11.4 Å². The Morgan fingerprint density at radius 3 is 2.22 bits per heavy atom. The molecule has 54 valence electrons. The second kappa shape index (κ2) is 3.67. The lowest BCUT2D eigenvalue weighted by molar-refractivity contribution is 0.119.